The first-order valence-corrected chi connectivity index (χ1v) is 5.98. The highest BCUT2D eigenvalue weighted by Crippen LogP contribution is 2.38. The van der Waals surface area contributed by atoms with E-state index in [0.717, 1.165) is 0 Å². The van der Waals surface area contributed by atoms with Gasteiger partial charge in [-0.3, -0.25) is 0 Å². The molecule has 0 aromatic heterocycles. The molecule has 0 aliphatic rings. The van der Waals surface area contributed by atoms with Crippen molar-refractivity contribution in [2.24, 2.45) is 0 Å². The summed E-state index contributed by atoms with van der Waals surface area (Å²) in [4.78, 5) is 11.6. The van der Waals surface area contributed by atoms with Crippen molar-refractivity contribution in [3.05, 3.63) is 71.8 Å². The molecule has 2 aromatic carbocycles. The summed E-state index contributed by atoms with van der Waals surface area (Å²) in [7, 11) is 0. The van der Waals surface area contributed by atoms with Crippen LogP contribution in [-0.4, -0.2) is 11.1 Å². The molecule has 0 saturated carbocycles. The van der Waals surface area contributed by atoms with E-state index in [0.29, 0.717) is 11.1 Å². The fourth-order valence-electron chi connectivity index (χ4n) is 1.75. The summed E-state index contributed by atoms with van der Waals surface area (Å²) in [5.41, 5.74) is 1.41. The Labute approximate surface area is 108 Å². The van der Waals surface area contributed by atoms with E-state index in [1.165, 1.54) is 0 Å². The molecule has 0 fully saturated rings. The molecule has 0 radical (unpaired) electrons. The molecule has 0 aliphatic carbocycles. The Bertz CT molecular complexity index is 469. The van der Waals surface area contributed by atoms with Crippen molar-refractivity contribution in [3.63, 3.8) is 0 Å². The normalized spacial score (nSPS) is 11.1. The van der Waals surface area contributed by atoms with Gasteiger partial charge in [-0.2, -0.15) is 0 Å². The van der Waals surface area contributed by atoms with Crippen molar-refractivity contribution in [2.45, 2.75) is 4.32 Å². The first kappa shape index (κ1) is 11.9. The molecule has 86 valence electrons. The van der Waals surface area contributed by atoms with Crippen molar-refractivity contribution in [2.75, 3.05) is 0 Å². The summed E-state index contributed by atoms with van der Waals surface area (Å²) >= 11 is 3.37. The average molecular weight is 291 g/mol. The molecule has 2 aromatic rings. The number of carboxylic acids is 1. The molecule has 0 atom stereocenters. The van der Waals surface area contributed by atoms with Gasteiger partial charge in [-0.1, -0.05) is 76.6 Å². The Morgan fingerprint density at radius 2 is 1.24 bits per heavy atom. The third-order valence-electron chi connectivity index (χ3n) is 2.64. The van der Waals surface area contributed by atoms with Crippen LogP contribution in [0.2, 0.25) is 0 Å². The standard InChI is InChI=1S/C14H11BrO2/c15-14(13(16)17,11-7-3-1-4-8-11)12-9-5-2-6-10-12/h1-10H,(H,16,17). The second-order valence-electron chi connectivity index (χ2n) is 3.70. The zero-order valence-electron chi connectivity index (χ0n) is 9.01. The molecular weight excluding hydrogens is 280 g/mol. The Balaban J connectivity index is 2.59. The minimum absolute atomic E-state index is 0.707. The van der Waals surface area contributed by atoms with E-state index in [9.17, 15) is 9.90 Å². The Hall–Kier alpha value is -1.61. The molecule has 1 N–H and O–H groups in total. The summed E-state index contributed by atoms with van der Waals surface area (Å²) < 4.78 is -1.18. The molecule has 2 nitrogen and oxygen atoms in total. The molecule has 0 bridgehead atoms. The zero-order chi connectivity index (χ0) is 12.3. The number of carboxylic acid groups (broad SMARTS) is 1. The number of benzene rings is 2. The fourth-order valence-corrected chi connectivity index (χ4v) is 2.28. The van der Waals surface area contributed by atoms with E-state index < -0.39 is 10.3 Å². The van der Waals surface area contributed by atoms with Crippen LogP contribution in [0.3, 0.4) is 0 Å². The van der Waals surface area contributed by atoms with Crippen molar-refractivity contribution in [1.29, 1.82) is 0 Å². The van der Waals surface area contributed by atoms with Gasteiger partial charge in [0, 0.05) is 0 Å². The van der Waals surface area contributed by atoms with Gasteiger partial charge >= 0.3 is 5.97 Å². The monoisotopic (exact) mass is 290 g/mol. The summed E-state index contributed by atoms with van der Waals surface area (Å²) in [5.74, 6) is -0.921. The highest BCUT2D eigenvalue weighted by atomic mass is 79.9. The lowest BCUT2D eigenvalue weighted by Gasteiger charge is -2.23. The van der Waals surface area contributed by atoms with E-state index >= 15 is 0 Å². The molecule has 2 rings (SSSR count). The second kappa shape index (κ2) is 4.72. The molecule has 0 amide bonds. The van der Waals surface area contributed by atoms with Crippen LogP contribution in [0.1, 0.15) is 11.1 Å². The van der Waals surface area contributed by atoms with Gasteiger partial charge in [0.05, 0.1) is 0 Å². The van der Waals surface area contributed by atoms with E-state index in [4.69, 9.17) is 0 Å². The molecular formula is C14H11BrO2. The Morgan fingerprint density at radius 1 is 0.882 bits per heavy atom. The van der Waals surface area contributed by atoms with Crippen LogP contribution in [0.25, 0.3) is 0 Å². The van der Waals surface area contributed by atoms with Gasteiger partial charge in [-0.15, -0.1) is 0 Å². The number of hydrogen-bond acceptors (Lipinski definition) is 1. The van der Waals surface area contributed by atoms with Gasteiger partial charge in [-0.05, 0) is 11.1 Å². The second-order valence-corrected chi connectivity index (χ2v) is 4.89. The smallest absolute Gasteiger partial charge is 0.329 e. The molecule has 3 heteroatoms. The lowest BCUT2D eigenvalue weighted by atomic mass is 9.91. The van der Waals surface area contributed by atoms with E-state index in [1.807, 2.05) is 36.4 Å². The van der Waals surface area contributed by atoms with Crippen LogP contribution in [0.5, 0.6) is 0 Å². The highest BCUT2D eigenvalue weighted by Gasteiger charge is 2.39. The van der Waals surface area contributed by atoms with Crippen molar-refractivity contribution >= 4 is 21.9 Å². The molecule has 0 unspecified atom stereocenters. The Kier molecular flexibility index (Phi) is 3.29. The van der Waals surface area contributed by atoms with E-state index in [1.54, 1.807) is 24.3 Å². The highest BCUT2D eigenvalue weighted by molar-refractivity contribution is 9.10. The summed E-state index contributed by atoms with van der Waals surface area (Å²) in [6.07, 6.45) is 0. The Morgan fingerprint density at radius 3 is 1.53 bits per heavy atom. The van der Waals surface area contributed by atoms with Crippen molar-refractivity contribution in [3.8, 4) is 0 Å². The third-order valence-corrected chi connectivity index (χ3v) is 3.89. The quantitative estimate of drug-likeness (QED) is 0.880. The molecule has 0 saturated heterocycles. The van der Waals surface area contributed by atoms with Gasteiger partial charge in [-0.25, -0.2) is 4.79 Å². The maximum atomic E-state index is 11.6. The van der Waals surface area contributed by atoms with Gasteiger partial charge in [0.1, 0.15) is 0 Å². The van der Waals surface area contributed by atoms with Crippen LogP contribution in [-0.2, 0) is 9.12 Å². The van der Waals surface area contributed by atoms with Crippen molar-refractivity contribution in [1.82, 2.24) is 0 Å². The summed E-state index contributed by atoms with van der Waals surface area (Å²) in [5, 5.41) is 9.49. The summed E-state index contributed by atoms with van der Waals surface area (Å²) in [6, 6.07) is 18.3. The predicted octanol–water partition coefficient (Wildman–Crippen LogP) is 3.41. The number of aliphatic carboxylic acids is 1. The molecule has 0 aliphatic heterocycles. The van der Waals surface area contributed by atoms with Crippen LogP contribution in [0.15, 0.2) is 60.7 Å². The lowest BCUT2D eigenvalue weighted by molar-refractivity contribution is -0.138. The lowest BCUT2D eigenvalue weighted by Crippen LogP contribution is -2.30. The number of carbonyl (C=O) groups is 1. The van der Waals surface area contributed by atoms with Crippen LogP contribution in [0.4, 0.5) is 0 Å². The first-order chi connectivity index (χ1) is 8.15. The minimum atomic E-state index is -1.18. The molecule has 0 heterocycles. The minimum Gasteiger partial charge on any atom is -0.480 e. The predicted molar refractivity (Wildman–Crippen MR) is 70.2 cm³/mol. The molecule has 0 spiro atoms. The fraction of sp³-hybridized carbons (Fsp3) is 0.0714. The van der Waals surface area contributed by atoms with Crippen LogP contribution < -0.4 is 0 Å². The van der Waals surface area contributed by atoms with Crippen LogP contribution >= 0.6 is 15.9 Å². The van der Waals surface area contributed by atoms with E-state index in [-0.39, 0.29) is 0 Å². The SMILES string of the molecule is O=C(O)C(Br)(c1ccccc1)c1ccccc1. The molecule has 17 heavy (non-hydrogen) atoms. The number of hydrogen-bond donors (Lipinski definition) is 1. The van der Waals surface area contributed by atoms with Gasteiger partial charge in [0.15, 0.2) is 4.32 Å². The maximum absolute atomic E-state index is 11.6. The van der Waals surface area contributed by atoms with Crippen LogP contribution in [0, 0.1) is 0 Å². The third kappa shape index (κ3) is 2.11. The number of rotatable bonds is 3. The largest absolute Gasteiger partial charge is 0.480 e. The first-order valence-electron chi connectivity index (χ1n) is 5.19. The van der Waals surface area contributed by atoms with Gasteiger partial charge in [0.25, 0.3) is 0 Å². The van der Waals surface area contributed by atoms with Crippen molar-refractivity contribution < 1.29 is 9.90 Å². The number of alkyl halides is 1. The maximum Gasteiger partial charge on any atom is 0.329 e. The van der Waals surface area contributed by atoms with Gasteiger partial charge in [0.2, 0.25) is 0 Å². The number of halogens is 1. The topological polar surface area (TPSA) is 37.3 Å². The van der Waals surface area contributed by atoms with E-state index in [2.05, 4.69) is 15.9 Å². The average Bonchev–Trinajstić information content (AvgIpc) is 2.39. The zero-order valence-corrected chi connectivity index (χ0v) is 10.6. The van der Waals surface area contributed by atoms with Gasteiger partial charge < -0.3 is 5.11 Å². The summed E-state index contributed by atoms with van der Waals surface area (Å²) in [6.45, 7) is 0.